The van der Waals surface area contributed by atoms with Crippen LogP contribution in [0.25, 0.3) is 0 Å². The van der Waals surface area contributed by atoms with E-state index in [-0.39, 0.29) is 5.82 Å². The third-order valence-electron chi connectivity index (χ3n) is 6.17. The lowest BCUT2D eigenvalue weighted by Crippen LogP contribution is -2.35. The highest BCUT2D eigenvalue weighted by Crippen LogP contribution is 2.47. The zero-order valence-corrected chi connectivity index (χ0v) is 15.0. The average molecular weight is 339 g/mol. The van der Waals surface area contributed by atoms with Gasteiger partial charge in [0.15, 0.2) is 0 Å². The van der Waals surface area contributed by atoms with Crippen LogP contribution >= 0.6 is 0 Å². The molecule has 3 unspecified atom stereocenters. The summed E-state index contributed by atoms with van der Waals surface area (Å²) in [6.45, 7) is 4.38. The second-order valence-corrected chi connectivity index (χ2v) is 7.33. The Labute approximate surface area is 149 Å². The van der Waals surface area contributed by atoms with Crippen LogP contribution in [0.1, 0.15) is 36.0 Å². The fourth-order valence-electron chi connectivity index (χ4n) is 5.03. The van der Waals surface area contributed by atoms with Gasteiger partial charge in [-0.1, -0.05) is 31.2 Å². The molecule has 4 rings (SSSR count). The predicted octanol–water partition coefficient (Wildman–Crippen LogP) is 4.43. The third kappa shape index (κ3) is 2.95. The zero-order chi connectivity index (χ0) is 17.4. The summed E-state index contributed by atoms with van der Waals surface area (Å²) in [4.78, 5) is 2.59. The molecule has 3 atom stereocenters. The van der Waals surface area contributed by atoms with Crippen LogP contribution in [0.4, 0.5) is 4.39 Å². The van der Waals surface area contributed by atoms with Gasteiger partial charge in [-0.05, 0) is 66.6 Å². The minimum absolute atomic E-state index is 0.131. The molecule has 0 aromatic heterocycles. The largest absolute Gasteiger partial charge is 0.496 e. The molecule has 1 heterocycles. The van der Waals surface area contributed by atoms with Gasteiger partial charge in [-0.2, -0.15) is 0 Å². The van der Waals surface area contributed by atoms with E-state index in [0.717, 1.165) is 37.2 Å². The van der Waals surface area contributed by atoms with Crippen LogP contribution in [-0.2, 0) is 12.8 Å². The van der Waals surface area contributed by atoms with E-state index in [4.69, 9.17) is 4.74 Å². The van der Waals surface area contributed by atoms with Crippen LogP contribution < -0.4 is 4.74 Å². The number of likely N-dealkylation sites (N-methyl/N-ethyl adjacent to an activating group) is 1. The van der Waals surface area contributed by atoms with Gasteiger partial charge in [0.25, 0.3) is 0 Å². The second-order valence-electron chi connectivity index (χ2n) is 7.33. The first kappa shape index (κ1) is 16.6. The number of ether oxygens (including phenoxy) is 1. The molecule has 0 amide bonds. The van der Waals surface area contributed by atoms with Crippen molar-refractivity contribution >= 4 is 0 Å². The van der Waals surface area contributed by atoms with Crippen LogP contribution in [0.3, 0.4) is 0 Å². The van der Waals surface area contributed by atoms with Gasteiger partial charge in [0.05, 0.1) is 7.11 Å². The van der Waals surface area contributed by atoms with Gasteiger partial charge in [0, 0.05) is 18.5 Å². The molecule has 1 aliphatic carbocycles. The molecule has 132 valence electrons. The van der Waals surface area contributed by atoms with Crippen LogP contribution in [0.15, 0.2) is 42.5 Å². The zero-order valence-electron chi connectivity index (χ0n) is 15.0. The highest BCUT2D eigenvalue weighted by Gasteiger charge is 2.44. The van der Waals surface area contributed by atoms with Crippen molar-refractivity contribution in [2.24, 2.45) is 5.92 Å². The highest BCUT2D eigenvalue weighted by molar-refractivity contribution is 5.45. The molecule has 0 spiro atoms. The van der Waals surface area contributed by atoms with E-state index in [1.807, 2.05) is 6.07 Å². The maximum Gasteiger partial charge on any atom is 0.123 e. The normalized spacial score (nSPS) is 25.5. The molecule has 2 aromatic carbocycles. The molecule has 2 nitrogen and oxygen atoms in total. The summed E-state index contributed by atoms with van der Waals surface area (Å²) >= 11 is 0. The van der Waals surface area contributed by atoms with E-state index in [1.54, 1.807) is 13.2 Å². The van der Waals surface area contributed by atoms with Crippen molar-refractivity contribution in [3.8, 4) is 5.75 Å². The molecule has 0 saturated carbocycles. The Bertz CT molecular complexity index is 759. The second kappa shape index (κ2) is 6.80. The molecular formula is C22H26FNO. The monoisotopic (exact) mass is 339 g/mol. The van der Waals surface area contributed by atoms with Gasteiger partial charge in [0.1, 0.15) is 11.6 Å². The van der Waals surface area contributed by atoms with Crippen molar-refractivity contribution < 1.29 is 9.13 Å². The number of likely N-dealkylation sites (tertiary alicyclic amines) is 1. The van der Waals surface area contributed by atoms with Gasteiger partial charge in [-0.25, -0.2) is 4.39 Å². The Morgan fingerprint density at radius 1 is 1.20 bits per heavy atom. The van der Waals surface area contributed by atoms with Crippen molar-refractivity contribution in [1.29, 1.82) is 0 Å². The molecule has 0 N–H and O–H groups in total. The number of nitrogens with zero attached hydrogens (tertiary/aromatic N) is 1. The standard InChI is InChI=1S/C22H26FNO/c1-3-24-14-20-17-8-5-9-22(25-2)19(17)11-10-18(20)21(24)13-15-6-4-7-16(23)12-15/h4-9,12,18,20-21H,3,10-11,13-14H2,1-2H3. The van der Waals surface area contributed by atoms with Crippen molar-refractivity contribution in [2.45, 2.75) is 38.1 Å². The van der Waals surface area contributed by atoms with Gasteiger partial charge in [-0.15, -0.1) is 0 Å². The number of rotatable bonds is 4. The molecule has 3 heteroatoms. The van der Waals surface area contributed by atoms with Crippen molar-refractivity contribution in [3.63, 3.8) is 0 Å². The maximum atomic E-state index is 13.6. The number of hydrogen-bond acceptors (Lipinski definition) is 2. The average Bonchev–Trinajstić information content (AvgIpc) is 2.99. The number of hydrogen-bond donors (Lipinski definition) is 0. The Morgan fingerprint density at radius 3 is 2.80 bits per heavy atom. The minimum atomic E-state index is -0.131. The smallest absolute Gasteiger partial charge is 0.123 e. The molecule has 0 radical (unpaired) electrons. The lowest BCUT2D eigenvalue weighted by atomic mass is 9.73. The summed E-state index contributed by atoms with van der Waals surface area (Å²) in [7, 11) is 1.77. The van der Waals surface area contributed by atoms with Crippen molar-refractivity contribution in [2.75, 3.05) is 20.2 Å². The first-order chi connectivity index (χ1) is 12.2. The van der Waals surface area contributed by atoms with Crippen LogP contribution in [0.2, 0.25) is 0 Å². The summed E-state index contributed by atoms with van der Waals surface area (Å²) in [5.74, 6) is 2.11. The van der Waals surface area contributed by atoms with Crippen LogP contribution in [-0.4, -0.2) is 31.1 Å². The first-order valence-electron chi connectivity index (χ1n) is 9.35. The molecule has 2 aliphatic rings. The van der Waals surface area contributed by atoms with E-state index in [9.17, 15) is 4.39 Å². The van der Waals surface area contributed by atoms with Crippen LogP contribution in [0.5, 0.6) is 5.75 Å². The van der Waals surface area contributed by atoms with Gasteiger partial charge >= 0.3 is 0 Å². The molecule has 1 fully saturated rings. The summed E-state index contributed by atoms with van der Waals surface area (Å²) in [6, 6.07) is 14.1. The minimum Gasteiger partial charge on any atom is -0.496 e. The molecule has 2 aromatic rings. The molecule has 25 heavy (non-hydrogen) atoms. The predicted molar refractivity (Wildman–Crippen MR) is 98.7 cm³/mol. The van der Waals surface area contributed by atoms with Crippen molar-refractivity contribution in [1.82, 2.24) is 4.90 Å². The Morgan fingerprint density at radius 2 is 2.04 bits per heavy atom. The Kier molecular flexibility index (Phi) is 4.51. The van der Waals surface area contributed by atoms with E-state index in [0.29, 0.717) is 17.9 Å². The summed E-state index contributed by atoms with van der Waals surface area (Å²) in [5, 5.41) is 0. The summed E-state index contributed by atoms with van der Waals surface area (Å²) < 4.78 is 19.2. The van der Waals surface area contributed by atoms with E-state index >= 15 is 0 Å². The van der Waals surface area contributed by atoms with Gasteiger partial charge in [-0.3, -0.25) is 4.90 Å². The SMILES string of the molecule is CCN1CC2c3cccc(OC)c3CCC2C1Cc1cccc(F)c1. The maximum absolute atomic E-state index is 13.6. The van der Waals surface area contributed by atoms with E-state index in [1.165, 1.54) is 23.6 Å². The topological polar surface area (TPSA) is 12.5 Å². The third-order valence-corrected chi connectivity index (χ3v) is 6.17. The van der Waals surface area contributed by atoms with E-state index < -0.39 is 0 Å². The number of halogens is 1. The van der Waals surface area contributed by atoms with Gasteiger partial charge < -0.3 is 4.74 Å². The van der Waals surface area contributed by atoms with E-state index in [2.05, 4.69) is 36.1 Å². The highest BCUT2D eigenvalue weighted by atomic mass is 19.1. The lowest BCUT2D eigenvalue weighted by molar-refractivity contribution is 0.227. The molecule has 0 bridgehead atoms. The molecule has 1 aliphatic heterocycles. The van der Waals surface area contributed by atoms with Gasteiger partial charge in [0.2, 0.25) is 0 Å². The van der Waals surface area contributed by atoms with Crippen LogP contribution in [0, 0.1) is 11.7 Å². The molecule has 1 saturated heterocycles. The number of fused-ring (bicyclic) bond motifs is 3. The number of benzene rings is 2. The molecular weight excluding hydrogens is 313 g/mol. The fourth-order valence-corrected chi connectivity index (χ4v) is 5.03. The number of methoxy groups -OCH3 is 1. The summed E-state index contributed by atoms with van der Waals surface area (Å²) in [5.41, 5.74) is 3.98. The first-order valence-corrected chi connectivity index (χ1v) is 9.35. The Hall–Kier alpha value is -1.87. The Balaban J connectivity index is 1.64. The van der Waals surface area contributed by atoms with Crippen molar-refractivity contribution in [3.05, 3.63) is 65.0 Å². The quantitative estimate of drug-likeness (QED) is 0.817. The summed E-state index contributed by atoms with van der Waals surface area (Å²) in [6.07, 6.45) is 3.21. The lowest BCUT2D eigenvalue weighted by Gasteiger charge is -2.32. The fraction of sp³-hybridized carbons (Fsp3) is 0.455.